The van der Waals surface area contributed by atoms with Crippen LogP contribution in [0.25, 0.3) is 39.3 Å². The Labute approximate surface area is 221 Å². The Morgan fingerprint density at radius 1 is 0.947 bits per heavy atom. The minimum atomic E-state index is -3.74. The normalized spacial score (nSPS) is 11.8. The van der Waals surface area contributed by atoms with Gasteiger partial charge in [0, 0.05) is 49.9 Å². The van der Waals surface area contributed by atoms with Crippen LogP contribution < -0.4 is 4.74 Å². The largest absolute Gasteiger partial charge is 0.497 e. The highest BCUT2D eigenvalue weighted by Crippen LogP contribution is 2.37. The molecule has 194 valence electrons. The van der Waals surface area contributed by atoms with Gasteiger partial charge in [-0.2, -0.15) is 5.10 Å². The van der Waals surface area contributed by atoms with E-state index in [-0.39, 0.29) is 18.0 Å². The van der Waals surface area contributed by atoms with E-state index in [0.29, 0.717) is 34.8 Å². The van der Waals surface area contributed by atoms with Crippen LogP contribution >= 0.6 is 0 Å². The maximum Gasteiger partial charge on any atom is 0.242 e. The molecule has 38 heavy (non-hydrogen) atoms. The summed E-state index contributed by atoms with van der Waals surface area (Å²) in [5, 5.41) is 14.1. The Hall–Kier alpha value is -4.12. The van der Waals surface area contributed by atoms with Gasteiger partial charge in [0.1, 0.15) is 11.4 Å². The van der Waals surface area contributed by atoms with Crippen LogP contribution in [0.2, 0.25) is 0 Å². The van der Waals surface area contributed by atoms with Gasteiger partial charge in [0.05, 0.1) is 23.3 Å². The molecule has 0 saturated heterocycles. The number of hydrogen-bond acceptors (Lipinski definition) is 7. The van der Waals surface area contributed by atoms with E-state index in [1.807, 2.05) is 48.5 Å². The molecule has 0 radical (unpaired) electrons. The van der Waals surface area contributed by atoms with Crippen molar-refractivity contribution in [2.75, 3.05) is 27.3 Å². The Morgan fingerprint density at radius 3 is 2.47 bits per heavy atom. The molecule has 1 N–H and O–H groups in total. The molecular formula is C28H27N5O4S. The number of hydrogen-bond donors (Lipinski definition) is 1. The second kappa shape index (κ2) is 10.7. The Balaban J connectivity index is 1.70. The van der Waals surface area contributed by atoms with Crippen molar-refractivity contribution < 1.29 is 18.3 Å². The van der Waals surface area contributed by atoms with Gasteiger partial charge in [0.2, 0.25) is 10.0 Å². The van der Waals surface area contributed by atoms with E-state index in [1.165, 1.54) is 11.4 Å². The Kier molecular flexibility index (Phi) is 7.19. The number of aliphatic hydroxyl groups excluding tert-OH is 1. The van der Waals surface area contributed by atoms with Crippen molar-refractivity contribution in [1.29, 1.82) is 0 Å². The van der Waals surface area contributed by atoms with Crippen LogP contribution in [0.1, 0.15) is 6.42 Å². The molecular weight excluding hydrogens is 502 g/mol. The number of aliphatic hydroxyl groups is 1. The Morgan fingerprint density at radius 2 is 1.71 bits per heavy atom. The quantitative estimate of drug-likeness (QED) is 0.306. The lowest BCUT2D eigenvalue weighted by molar-refractivity contribution is 0.275. The minimum absolute atomic E-state index is 0.0797. The van der Waals surface area contributed by atoms with Crippen molar-refractivity contribution in [3.63, 3.8) is 0 Å². The molecule has 2 aromatic carbocycles. The third-order valence-corrected chi connectivity index (χ3v) is 8.15. The molecule has 0 aliphatic rings. The van der Waals surface area contributed by atoms with Crippen molar-refractivity contribution in [3.05, 3.63) is 85.3 Å². The lowest BCUT2D eigenvalue weighted by Gasteiger charge is -2.17. The molecule has 0 spiro atoms. The number of benzene rings is 2. The zero-order chi connectivity index (χ0) is 26.7. The molecule has 5 rings (SSSR count). The van der Waals surface area contributed by atoms with Crippen molar-refractivity contribution >= 4 is 15.7 Å². The summed E-state index contributed by atoms with van der Waals surface area (Å²) in [6.45, 7) is 0.143. The van der Waals surface area contributed by atoms with Crippen molar-refractivity contribution in [2.24, 2.45) is 0 Å². The third kappa shape index (κ3) is 4.76. The van der Waals surface area contributed by atoms with Crippen molar-refractivity contribution in [2.45, 2.75) is 11.3 Å². The molecule has 0 saturated carbocycles. The predicted octanol–water partition coefficient (Wildman–Crippen LogP) is 4.14. The molecule has 0 aliphatic carbocycles. The van der Waals surface area contributed by atoms with E-state index in [4.69, 9.17) is 14.9 Å². The number of nitrogens with zero attached hydrogens (tertiary/aromatic N) is 5. The fraction of sp³-hybridized carbons (Fsp3) is 0.179. The predicted molar refractivity (Wildman–Crippen MR) is 145 cm³/mol. The summed E-state index contributed by atoms with van der Waals surface area (Å²) < 4.78 is 34.8. The molecule has 0 atom stereocenters. The van der Waals surface area contributed by atoms with Gasteiger partial charge in [-0.1, -0.05) is 24.3 Å². The summed E-state index contributed by atoms with van der Waals surface area (Å²) in [6, 6.07) is 20.1. The minimum Gasteiger partial charge on any atom is -0.497 e. The lowest BCUT2D eigenvalue weighted by Crippen LogP contribution is -2.28. The zero-order valence-corrected chi connectivity index (χ0v) is 21.8. The molecule has 0 bridgehead atoms. The number of ether oxygens (including phenoxy) is 1. The molecule has 0 fully saturated rings. The first-order chi connectivity index (χ1) is 18.4. The average Bonchev–Trinajstić information content (AvgIpc) is 3.36. The number of methoxy groups -OCH3 is 1. The van der Waals surface area contributed by atoms with E-state index in [0.717, 1.165) is 16.7 Å². The number of aromatic nitrogens is 4. The zero-order valence-electron chi connectivity index (χ0n) is 21.0. The highest BCUT2D eigenvalue weighted by atomic mass is 32.2. The van der Waals surface area contributed by atoms with Gasteiger partial charge in [-0.15, -0.1) is 0 Å². The number of sulfonamides is 1. The maximum atomic E-state index is 13.2. The topological polar surface area (TPSA) is 110 Å². The fourth-order valence-electron chi connectivity index (χ4n) is 4.33. The third-order valence-electron chi connectivity index (χ3n) is 6.30. The van der Waals surface area contributed by atoms with Crippen LogP contribution in [-0.4, -0.2) is 64.7 Å². The van der Waals surface area contributed by atoms with Crippen LogP contribution in [-0.2, 0) is 10.0 Å². The summed E-state index contributed by atoms with van der Waals surface area (Å²) in [6.07, 6.45) is 5.48. The lowest BCUT2D eigenvalue weighted by atomic mass is 10.0. The molecule has 3 heterocycles. The number of rotatable bonds is 9. The standard InChI is InChI=1S/C28H27N5O4S/c1-32(16-5-17-34)38(35,36)24-9-4-6-21(19-24)25-12-15-30-28-26(22-7-3-8-23(18-22)37-2)27(31-33(25)28)20-10-13-29-14-11-20/h3-4,6-15,18-19,34H,5,16-17H2,1-2H3. The van der Waals surface area contributed by atoms with E-state index < -0.39 is 10.0 Å². The molecule has 9 nitrogen and oxygen atoms in total. The first-order valence-electron chi connectivity index (χ1n) is 12.0. The van der Waals surface area contributed by atoms with Gasteiger partial charge < -0.3 is 9.84 Å². The van der Waals surface area contributed by atoms with E-state index in [2.05, 4.69) is 9.97 Å². The second-order valence-corrected chi connectivity index (χ2v) is 10.7. The van der Waals surface area contributed by atoms with Crippen LogP contribution in [0.15, 0.2) is 90.2 Å². The summed E-state index contributed by atoms with van der Waals surface area (Å²) in [5.41, 5.74) is 5.28. The monoisotopic (exact) mass is 529 g/mol. The summed E-state index contributed by atoms with van der Waals surface area (Å²) in [7, 11) is -0.602. The molecule has 0 amide bonds. The first kappa shape index (κ1) is 25.5. The van der Waals surface area contributed by atoms with Gasteiger partial charge in [-0.05, 0) is 54.4 Å². The van der Waals surface area contributed by atoms with Gasteiger partial charge >= 0.3 is 0 Å². The molecule has 3 aromatic heterocycles. The molecule has 0 unspecified atom stereocenters. The summed E-state index contributed by atoms with van der Waals surface area (Å²) >= 11 is 0. The number of pyridine rings is 1. The van der Waals surface area contributed by atoms with Crippen molar-refractivity contribution in [1.82, 2.24) is 23.9 Å². The SMILES string of the molecule is COc1cccc(-c2c(-c3ccncc3)nn3c(-c4cccc(S(=O)(=O)N(C)CCCO)c4)ccnc23)c1. The average molecular weight is 530 g/mol. The van der Waals surface area contributed by atoms with Gasteiger partial charge in [0.15, 0.2) is 5.65 Å². The molecule has 10 heteroatoms. The van der Waals surface area contributed by atoms with Crippen LogP contribution in [0.4, 0.5) is 0 Å². The van der Waals surface area contributed by atoms with Crippen LogP contribution in [0.3, 0.4) is 0 Å². The van der Waals surface area contributed by atoms with Gasteiger partial charge in [-0.3, -0.25) is 4.98 Å². The van der Waals surface area contributed by atoms with Gasteiger partial charge in [0.25, 0.3) is 0 Å². The highest BCUT2D eigenvalue weighted by molar-refractivity contribution is 7.89. The number of fused-ring (bicyclic) bond motifs is 1. The fourth-order valence-corrected chi connectivity index (χ4v) is 5.59. The molecule has 5 aromatic rings. The van der Waals surface area contributed by atoms with E-state index in [9.17, 15) is 8.42 Å². The Bertz CT molecular complexity index is 1690. The van der Waals surface area contributed by atoms with Crippen molar-refractivity contribution in [3.8, 4) is 39.4 Å². The summed E-state index contributed by atoms with van der Waals surface area (Å²) in [4.78, 5) is 8.97. The maximum absolute atomic E-state index is 13.2. The first-order valence-corrected chi connectivity index (χ1v) is 13.5. The van der Waals surface area contributed by atoms with E-state index in [1.54, 1.807) is 48.4 Å². The van der Waals surface area contributed by atoms with E-state index >= 15 is 0 Å². The van der Waals surface area contributed by atoms with Crippen LogP contribution in [0.5, 0.6) is 5.75 Å². The van der Waals surface area contributed by atoms with Gasteiger partial charge in [-0.25, -0.2) is 22.2 Å². The molecule has 0 aliphatic heterocycles. The smallest absolute Gasteiger partial charge is 0.242 e. The second-order valence-electron chi connectivity index (χ2n) is 8.69. The highest BCUT2D eigenvalue weighted by Gasteiger charge is 2.23. The summed E-state index contributed by atoms with van der Waals surface area (Å²) in [5.74, 6) is 0.710. The van der Waals surface area contributed by atoms with Crippen LogP contribution in [0, 0.1) is 0 Å².